The number of carbonyl (C=O) groups is 1. The number of carbonyl (C=O) groups excluding carboxylic acids is 1. The number of amides is 2. The maximum atomic E-state index is 11.8. The van der Waals surface area contributed by atoms with Gasteiger partial charge in [-0.1, -0.05) is 26.2 Å². The van der Waals surface area contributed by atoms with Gasteiger partial charge in [0, 0.05) is 19.1 Å². The highest BCUT2D eigenvalue weighted by Crippen LogP contribution is 2.31. The highest BCUT2D eigenvalue weighted by atomic mass is 16.2. The molecular weight excluding hydrogens is 188 g/mol. The SMILES string of the molecule is CCC1CCCCC1N1CCCNC1=O. The molecule has 0 aromatic heterocycles. The van der Waals surface area contributed by atoms with E-state index in [4.69, 9.17) is 0 Å². The fourth-order valence-corrected chi connectivity index (χ4v) is 3.04. The Morgan fingerprint density at radius 3 is 2.87 bits per heavy atom. The summed E-state index contributed by atoms with van der Waals surface area (Å²) in [5.41, 5.74) is 0. The van der Waals surface area contributed by atoms with Gasteiger partial charge in [0.1, 0.15) is 0 Å². The second-order valence-corrected chi connectivity index (χ2v) is 4.80. The summed E-state index contributed by atoms with van der Waals surface area (Å²) in [7, 11) is 0. The Bertz CT molecular complexity index is 230. The van der Waals surface area contributed by atoms with Crippen molar-refractivity contribution >= 4 is 6.03 Å². The van der Waals surface area contributed by atoms with E-state index in [1.165, 1.54) is 32.1 Å². The molecule has 2 unspecified atom stereocenters. The number of nitrogens with one attached hydrogen (secondary N) is 1. The normalized spacial score (nSPS) is 32.6. The minimum absolute atomic E-state index is 0.173. The van der Waals surface area contributed by atoms with Crippen LogP contribution in [0, 0.1) is 5.92 Å². The van der Waals surface area contributed by atoms with E-state index in [0.29, 0.717) is 6.04 Å². The minimum atomic E-state index is 0.173. The molecule has 3 nitrogen and oxygen atoms in total. The molecule has 1 N–H and O–H groups in total. The molecule has 0 aromatic carbocycles. The number of hydrogen-bond acceptors (Lipinski definition) is 1. The van der Waals surface area contributed by atoms with E-state index in [1.54, 1.807) is 0 Å². The molecule has 86 valence electrons. The van der Waals surface area contributed by atoms with Crippen molar-refractivity contribution in [2.75, 3.05) is 13.1 Å². The second kappa shape index (κ2) is 4.86. The molecular formula is C12H22N2O. The van der Waals surface area contributed by atoms with Gasteiger partial charge in [-0.15, -0.1) is 0 Å². The van der Waals surface area contributed by atoms with Gasteiger partial charge in [0.15, 0.2) is 0 Å². The van der Waals surface area contributed by atoms with Crippen molar-refractivity contribution in [3.05, 3.63) is 0 Å². The summed E-state index contributed by atoms with van der Waals surface area (Å²) < 4.78 is 0. The lowest BCUT2D eigenvalue weighted by molar-refractivity contribution is 0.107. The van der Waals surface area contributed by atoms with Gasteiger partial charge in [-0.25, -0.2) is 4.79 Å². The number of nitrogens with zero attached hydrogens (tertiary/aromatic N) is 1. The maximum Gasteiger partial charge on any atom is 0.317 e. The summed E-state index contributed by atoms with van der Waals surface area (Å²) in [6.45, 7) is 4.08. The molecule has 2 atom stereocenters. The third-order valence-corrected chi connectivity index (χ3v) is 3.91. The molecule has 2 fully saturated rings. The molecule has 1 aliphatic heterocycles. The molecule has 15 heavy (non-hydrogen) atoms. The Morgan fingerprint density at radius 1 is 1.33 bits per heavy atom. The van der Waals surface area contributed by atoms with Crippen LogP contribution in [0.2, 0.25) is 0 Å². The Morgan fingerprint density at radius 2 is 2.13 bits per heavy atom. The van der Waals surface area contributed by atoms with Gasteiger partial charge in [0.2, 0.25) is 0 Å². The smallest absolute Gasteiger partial charge is 0.317 e. The van der Waals surface area contributed by atoms with E-state index in [-0.39, 0.29) is 6.03 Å². The van der Waals surface area contributed by atoms with Crippen molar-refractivity contribution in [2.45, 2.75) is 51.5 Å². The average molecular weight is 210 g/mol. The van der Waals surface area contributed by atoms with Crippen molar-refractivity contribution < 1.29 is 4.79 Å². The van der Waals surface area contributed by atoms with Crippen LogP contribution in [0.3, 0.4) is 0 Å². The molecule has 0 aromatic rings. The van der Waals surface area contributed by atoms with Crippen LogP contribution in [0.25, 0.3) is 0 Å². The summed E-state index contributed by atoms with van der Waals surface area (Å²) in [4.78, 5) is 13.9. The Hall–Kier alpha value is -0.730. The average Bonchev–Trinajstić information content (AvgIpc) is 2.30. The molecule has 2 rings (SSSR count). The molecule has 0 spiro atoms. The lowest BCUT2D eigenvalue weighted by Crippen LogP contribution is -2.54. The predicted octanol–water partition coefficient (Wildman–Crippen LogP) is 2.37. The molecule has 0 bridgehead atoms. The van der Waals surface area contributed by atoms with Crippen LogP contribution in [0.4, 0.5) is 4.79 Å². The van der Waals surface area contributed by atoms with Crippen LogP contribution >= 0.6 is 0 Å². The van der Waals surface area contributed by atoms with E-state index in [9.17, 15) is 4.79 Å². The lowest BCUT2D eigenvalue weighted by Gasteiger charge is -2.41. The quantitative estimate of drug-likeness (QED) is 0.745. The Balaban J connectivity index is 2.02. The number of urea groups is 1. The first kappa shape index (κ1) is 10.8. The van der Waals surface area contributed by atoms with E-state index < -0.39 is 0 Å². The summed E-state index contributed by atoms with van der Waals surface area (Å²) in [5.74, 6) is 0.739. The highest BCUT2D eigenvalue weighted by Gasteiger charge is 2.32. The van der Waals surface area contributed by atoms with Crippen molar-refractivity contribution in [1.29, 1.82) is 0 Å². The third kappa shape index (κ3) is 2.27. The molecule has 0 radical (unpaired) electrons. The molecule has 1 aliphatic carbocycles. The Labute approximate surface area is 92.2 Å². The van der Waals surface area contributed by atoms with Crippen LogP contribution in [-0.2, 0) is 0 Å². The summed E-state index contributed by atoms with van der Waals surface area (Å²) in [6, 6.07) is 0.690. The standard InChI is InChI=1S/C12H22N2O/c1-2-10-6-3-4-7-11(10)14-9-5-8-13-12(14)15/h10-11H,2-9H2,1H3,(H,13,15). The summed E-state index contributed by atoms with van der Waals surface area (Å²) in [5, 5.41) is 2.96. The van der Waals surface area contributed by atoms with Gasteiger partial charge in [-0.2, -0.15) is 0 Å². The first-order valence-corrected chi connectivity index (χ1v) is 6.37. The molecule has 3 heteroatoms. The number of hydrogen-bond donors (Lipinski definition) is 1. The van der Waals surface area contributed by atoms with Crippen LogP contribution in [0.5, 0.6) is 0 Å². The van der Waals surface area contributed by atoms with Crippen LogP contribution < -0.4 is 5.32 Å². The van der Waals surface area contributed by atoms with E-state index in [0.717, 1.165) is 25.4 Å². The zero-order valence-electron chi connectivity index (χ0n) is 9.67. The van der Waals surface area contributed by atoms with E-state index in [1.807, 2.05) is 0 Å². The predicted molar refractivity (Wildman–Crippen MR) is 60.8 cm³/mol. The van der Waals surface area contributed by atoms with Crippen LogP contribution in [0.15, 0.2) is 0 Å². The van der Waals surface area contributed by atoms with Gasteiger partial charge in [0.05, 0.1) is 0 Å². The zero-order valence-corrected chi connectivity index (χ0v) is 9.67. The van der Waals surface area contributed by atoms with Gasteiger partial charge < -0.3 is 10.2 Å². The molecule has 1 saturated heterocycles. The van der Waals surface area contributed by atoms with Crippen molar-refractivity contribution in [3.8, 4) is 0 Å². The van der Waals surface area contributed by atoms with Crippen molar-refractivity contribution in [3.63, 3.8) is 0 Å². The van der Waals surface area contributed by atoms with E-state index in [2.05, 4.69) is 17.1 Å². The molecule has 2 amide bonds. The maximum absolute atomic E-state index is 11.8. The number of rotatable bonds is 2. The first-order valence-electron chi connectivity index (χ1n) is 6.37. The largest absolute Gasteiger partial charge is 0.338 e. The van der Waals surface area contributed by atoms with Crippen LogP contribution in [0.1, 0.15) is 45.4 Å². The first-order chi connectivity index (χ1) is 7.33. The topological polar surface area (TPSA) is 32.3 Å². The summed E-state index contributed by atoms with van der Waals surface area (Å²) >= 11 is 0. The van der Waals surface area contributed by atoms with Crippen LogP contribution in [-0.4, -0.2) is 30.1 Å². The van der Waals surface area contributed by atoms with Gasteiger partial charge >= 0.3 is 6.03 Å². The lowest BCUT2D eigenvalue weighted by atomic mass is 9.82. The second-order valence-electron chi connectivity index (χ2n) is 4.80. The van der Waals surface area contributed by atoms with Crippen molar-refractivity contribution in [2.24, 2.45) is 5.92 Å². The third-order valence-electron chi connectivity index (χ3n) is 3.91. The fourth-order valence-electron chi connectivity index (χ4n) is 3.04. The Kier molecular flexibility index (Phi) is 3.49. The zero-order chi connectivity index (χ0) is 10.7. The fraction of sp³-hybridized carbons (Fsp3) is 0.917. The molecule has 2 aliphatic rings. The van der Waals surface area contributed by atoms with Gasteiger partial charge in [-0.05, 0) is 25.2 Å². The summed E-state index contributed by atoms with van der Waals surface area (Å²) in [6.07, 6.45) is 7.50. The van der Waals surface area contributed by atoms with Gasteiger partial charge in [-0.3, -0.25) is 0 Å². The molecule has 1 heterocycles. The molecule has 1 saturated carbocycles. The minimum Gasteiger partial charge on any atom is -0.338 e. The van der Waals surface area contributed by atoms with Gasteiger partial charge in [0.25, 0.3) is 0 Å². The highest BCUT2D eigenvalue weighted by molar-refractivity contribution is 5.75. The van der Waals surface area contributed by atoms with Crippen molar-refractivity contribution in [1.82, 2.24) is 10.2 Å². The monoisotopic (exact) mass is 210 g/mol. The van der Waals surface area contributed by atoms with E-state index >= 15 is 0 Å².